The monoisotopic (exact) mass is 258 g/mol. The second kappa shape index (κ2) is 6.43. The minimum absolute atomic E-state index is 0.533. The van der Waals surface area contributed by atoms with Crippen LogP contribution in [-0.4, -0.2) is 26.2 Å². The molecule has 0 unspecified atom stereocenters. The molecule has 19 heavy (non-hydrogen) atoms. The topological polar surface area (TPSA) is 33.3 Å². The quantitative estimate of drug-likeness (QED) is 0.780. The summed E-state index contributed by atoms with van der Waals surface area (Å²) in [6.45, 7) is 6.21. The molecule has 0 radical (unpaired) electrons. The number of fused-ring (bicyclic) bond motifs is 1. The highest BCUT2D eigenvalue weighted by atomic mass is 16.5. The molecule has 0 saturated carbocycles. The molecule has 0 amide bonds. The number of rotatable bonds is 6. The molecule has 0 saturated heterocycles. The first-order valence-corrected chi connectivity index (χ1v) is 6.74. The van der Waals surface area contributed by atoms with Crippen molar-refractivity contribution < 1.29 is 4.74 Å². The van der Waals surface area contributed by atoms with E-state index in [4.69, 9.17) is 4.74 Å². The van der Waals surface area contributed by atoms with E-state index in [-0.39, 0.29) is 0 Å². The van der Waals surface area contributed by atoms with Crippen molar-refractivity contribution >= 4 is 16.5 Å². The molecule has 0 aliphatic rings. The Kier molecular flexibility index (Phi) is 4.63. The van der Waals surface area contributed by atoms with Gasteiger partial charge < -0.3 is 15.4 Å². The van der Waals surface area contributed by atoms with E-state index < -0.39 is 0 Å². The third kappa shape index (κ3) is 3.86. The van der Waals surface area contributed by atoms with Gasteiger partial charge in [-0.2, -0.15) is 0 Å². The van der Waals surface area contributed by atoms with Crippen molar-refractivity contribution in [2.75, 3.05) is 25.5 Å². The minimum Gasteiger partial charge on any atom is -0.497 e. The Balaban J connectivity index is 2.01. The van der Waals surface area contributed by atoms with Gasteiger partial charge in [-0.25, -0.2) is 0 Å². The minimum atomic E-state index is 0.533. The fourth-order valence-electron chi connectivity index (χ4n) is 2.03. The molecule has 0 spiro atoms. The van der Waals surface area contributed by atoms with Crippen molar-refractivity contribution in [2.24, 2.45) is 0 Å². The van der Waals surface area contributed by atoms with Crippen LogP contribution in [-0.2, 0) is 0 Å². The molecular weight excluding hydrogens is 236 g/mol. The fraction of sp³-hybridized carbons (Fsp3) is 0.375. The van der Waals surface area contributed by atoms with E-state index in [2.05, 4.69) is 54.8 Å². The summed E-state index contributed by atoms with van der Waals surface area (Å²) in [6.07, 6.45) is 0. The second-order valence-corrected chi connectivity index (χ2v) is 4.96. The molecule has 2 aromatic rings. The Morgan fingerprint density at radius 1 is 1.00 bits per heavy atom. The Morgan fingerprint density at radius 3 is 2.47 bits per heavy atom. The highest BCUT2D eigenvalue weighted by Gasteiger charge is 1.99. The fourth-order valence-corrected chi connectivity index (χ4v) is 2.03. The standard InChI is InChI=1S/C16H22N2O/c1-12(2)17-8-9-18-15-6-4-14-11-16(19-3)7-5-13(14)10-15/h4-7,10-12,17-18H,8-9H2,1-3H3. The summed E-state index contributed by atoms with van der Waals surface area (Å²) in [4.78, 5) is 0. The SMILES string of the molecule is COc1ccc2cc(NCCNC(C)C)ccc2c1. The number of benzene rings is 2. The van der Waals surface area contributed by atoms with Crippen molar-refractivity contribution in [3.63, 3.8) is 0 Å². The molecule has 2 aromatic carbocycles. The summed E-state index contributed by atoms with van der Waals surface area (Å²) >= 11 is 0. The predicted molar refractivity (Wildman–Crippen MR) is 82.1 cm³/mol. The van der Waals surface area contributed by atoms with Gasteiger partial charge in [-0.05, 0) is 35.0 Å². The third-order valence-electron chi connectivity index (χ3n) is 3.05. The number of hydrogen-bond acceptors (Lipinski definition) is 3. The predicted octanol–water partition coefficient (Wildman–Crippen LogP) is 3.26. The van der Waals surface area contributed by atoms with Gasteiger partial charge in [-0.1, -0.05) is 26.0 Å². The van der Waals surface area contributed by atoms with Crippen LogP contribution < -0.4 is 15.4 Å². The first-order chi connectivity index (χ1) is 9.19. The van der Waals surface area contributed by atoms with Crippen LogP contribution in [0.2, 0.25) is 0 Å². The van der Waals surface area contributed by atoms with Crippen LogP contribution in [0.15, 0.2) is 36.4 Å². The van der Waals surface area contributed by atoms with Crippen molar-refractivity contribution in [3.05, 3.63) is 36.4 Å². The molecule has 102 valence electrons. The molecule has 2 N–H and O–H groups in total. The number of nitrogens with one attached hydrogen (secondary N) is 2. The molecular formula is C16H22N2O. The second-order valence-electron chi connectivity index (χ2n) is 4.96. The zero-order chi connectivity index (χ0) is 13.7. The molecule has 0 fully saturated rings. The van der Waals surface area contributed by atoms with E-state index in [0.717, 1.165) is 24.5 Å². The molecule has 0 aliphatic heterocycles. The highest BCUT2D eigenvalue weighted by molar-refractivity contribution is 5.86. The van der Waals surface area contributed by atoms with Gasteiger partial charge in [-0.3, -0.25) is 0 Å². The summed E-state index contributed by atoms with van der Waals surface area (Å²) in [6, 6.07) is 13.1. The maximum absolute atomic E-state index is 5.23. The maximum Gasteiger partial charge on any atom is 0.119 e. The zero-order valence-corrected chi connectivity index (χ0v) is 11.9. The average Bonchev–Trinajstić information content (AvgIpc) is 2.42. The van der Waals surface area contributed by atoms with Gasteiger partial charge in [0.1, 0.15) is 5.75 Å². The van der Waals surface area contributed by atoms with E-state index in [1.165, 1.54) is 10.8 Å². The van der Waals surface area contributed by atoms with Crippen LogP contribution >= 0.6 is 0 Å². The Labute approximate surface area is 115 Å². The summed E-state index contributed by atoms with van der Waals surface area (Å²) < 4.78 is 5.23. The van der Waals surface area contributed by atoms with Gasteiger partial charge in [0.2, 0.25) is 0 Å². The maximum atomic E-state index is 5.23. The third-order valence-corrected chi connectivity index (χ3v) is 3.05. The molecule has 3 heteroatoms. The number of ether oxygens (including phenoxy) is 1. The van der Waals surface area contributed by atoms with Gasteiger partial charge >= 0.3 is 0 Å². The largest absolute Gasteiger partial charge is 0.497 e. The van der Waals surface area contributed by atoms with E-state index >= 15 is 0 Å². The van der Waals surface area contributed by atoms with Gasteiger partial charge in [0.05, 0.1) is 7.11 Å². The van der Waals surface area contributed by atoms with Gasteiger partial charge in [0, 0.05) is 24.8 Å². The molecule has 3 nitrogen and oxygen atoms in total. The van der Waals surface area contributed by atoms with E-state index in [9.17, 15) is 0 Å². The van der Waals surface area contributed by atoms with Gasteiger partial charge in [0.25, 0.3) is 0 Å². The van der Waals surface area contributed by atoms with Crippen LogP contribution in [0, 0.1) is 0 Å². The van der Waals surface area contributed by atoms with Gasteiger partial charge in [0.15, 0.2) is 0 Å². The highest BCUT2D eigenvalue weighted by Crippen LogP contribution is 2.23. The lowest BCUT2D eigenvalue weighted by Gasteiger charge is -2.11. The summed E-state index contributed by atoms with van der Waals surface area (Å²) in [5.74, 6) is 0.898. The van der Waals surface area contributed by atoms with Gasteiger partial charge in [-0.15, -0.1) is 0 Å². The Bertz CT molecular complexity index is 537. The van der Waals surface area contributed by atoms with Crippen molar-refractivity contribution in [3.8, 4) is 5.75 Å². The number of anilines is 1. The molecule has 0 aliphatic carbocycles. The molecule has 0 aromatic heterocycles. The van der Waals surface area contributed by atoms with Crippen molar-refractivity contribution in [2.45, 2.75) is 19.9 Å². The molecule has 2 rings (SSSR count). The van der Waals surface area contributed by atoms with Crippen LogP contribution in [0.5, 0.6) is 5.75 Å². The smallest absolute Gasteiger partial charge is 0.119 e. The Morgan fingerprint density at radius 2 is 1.74 bits per heavy atom. The first kappa shape index (κ1) is 13.7. The van der Waals surface area contributed by atoms with Crippen LogP contribution in [0.25, 0.3) is 10.8 Å². The number of hydrogen-bond donors (Lipinski definition) is 2. The lowest BCUT2D eigenvalue weighted by Crippen LogP contribution is -2.28. The average molecular weight is 258 g/mol. The van der Waals surface area contributed by atoms with E-state index in [1.807, 2.05) is 6.07 Å². The van der Waals surface area contributed by atoms with Crippen LogP contribution in [0.3, 0.4) is 0 Å². The summed E-state index contributed by atoms with van der Waals surface area (Å²) in [5.41, 5.74) is 1.16. The lowest BCUT2D eigenvalue weighted by atomic mass is 10.1. The molecule has 0 atom stereocenters. The van der Waals surface area contributed by atoms with Crippen LogP contribution in [0.4, 0.5) is 5.69 Å². The molecule has 0 heterocycles. The number of methoxy groups -OCH3 is 1. The van der Waals surface area contributed by atoms with E-state index in [1.54, 1.807) is 7.11 Å². The van der Waals surface area contributed by atoms with Crippen LogP contribution in [0.1, 0.15) is 13.8 Å². The van der Waals surface area contributed by atoms with Crippen molar-refractivity contribution in [1.29, 1.82) is 0 Å². The lowest BCUT2D eigenvalue weighted by molar-refractivity contribution is 0.415. The van der Waals surface area contributed by atoms with E-state index in [0.29, 0.717) is 6.04 Å². The van der Waals surface area contributed by atoms with Crippen molar-refractivity contribution in [1.82, 2.24) is 5.32 Å². The first-order valence-electron chi connectivity index (χ1n) is 6.74. The zero-order valence-electron chi connectivity index (χ0n) is 11.9. The Hall–Kier alpha value is -1.74. The summed E-state index contributed by atoms with van der Waals surface area (Å²) in [7, 11) is 1.69. The summed E-state index contributed by atoms with van der Waals surface area (Å²) in [5, 5.41) is 9.24. The molecule has 0 bridgehead atoms. The normalized spacial score (nSPS) is 10.9.